The lowest BCUT2D eigenvalue weighted by Crippen LogP contribution is -2.44. The van der Waals surface area contributed by atoms with Crippen LogP contribution in [0.25, 0.3) is 5.82 Å². The van der Waals surface area contributed by atoms with E-state index in [4.69, 9.17) is 0 Å². The fraction of sp³-hybridized carbons (Fsp3) is 0.417. The summed E-state index contributed by atoms with van der Waals surface area (Å²) in [6.07, 6.45) is 9.08. The SMILES string of the molecule is Cc1ccc2c(c1)CCCN2C(=O)C1CCN(c2cc(-n3ccnc3C)ncn2)CC1. The molecule has 0 radical (unpaired) electrons. The van der Waals surface area contributed by atoms with Gasteiger partial charge in [0.15, 0.2) is 0 Å². The third-order valence-electron chi connectivity index (χ3n) is 6.50. The van der Waals surface area contributed by atoms with Gasteiger partial charge in [-0.1, -0.05) is 17.7 Å². The molecule has 0 aliphatic carbocycles. The molecule has 1 amide bonds. The average Bonchev–Trinajstić information content (AvgIpc) is 3.24. The second-order valence-corrected chi connectivity index (χ2v) is 8.57. The number of anilines is 2. The summed E-state index contributed by atoms with van der Waals surface area (Å²) in [5.74, 6) is 2.97. The molecule has 2 aromatic heterocycles. The van der Waals surface area contributed by atoms with E-state index in [-0.39, 0.29) is 11.8 Å². The van der Waals surface area contributed by atoms with Gasteiger partial charge in [0, 0.05) is 49.7 Å². The number of nitrogens with zero attached hydrogens (tertiary/aromatic N) is 6. The predicted molar refractivity (Wildman–Crippen MR) is 121 cm³/mol. The summed E-state index contributed by atoms with van der Waals surface area (Å²) in [7, 11) is 0. The molecule has 0 atom stereocenters. The highest BCUT2D eigenvalue weighted by Gasteiger charge is 2.31. The number of hydrogen-bond donors (Lipinski definition) is 0. The third-order valence-corrected chi connectivity index (χ3v) is 6.50. The molecule has 2 aliphatic rings. The molecule has 0 N–H and O–H groups in total. The molecule has 160 valence electrons. The third kappa shape index (κ3) is 3.80. The second kappa shape index (κ2) is 8.13. The lowest BCUT2D eigenvalue weighted by atomic mass is 9.92. The van der Waals surface area contributed by atoms with Crippen molar-refractivity contribution in [2.45, 2.75) is 39.5 Å². The molecule has 3 aromatic rings. The van der Waals surface area contributed by atoms with Gasteiger partial charge in [0.25, 0.3) is 0 Å². The number of hydrogen-bond acceptors (Lipinski definition) is 5. The molecule has 1 saturated heterocycles. The number of rotatable bonds is 3. The van der Waals surface area contributed by atoms with Crippen LogP contribution in [0.5, 0.6) is 0 Å². The van der Waals surface area contributed by atoms with E-state index in [1.807, 2.05) is 28.7 Å². The number of imidazole rings is 1. The van der Waals surface area contributed by atoms with Crippen molar-refractivity contribution in [2.24, 2.45) is 5.92 Å². The van der Waals surface area contributed by atoms with E-state index in [1.165, 1.54) is 11.1 Å². The van der Waals surface area contributed by atoms with Crippen LogP contribution in [-0.4, -0.2) is 45.1 Å². The Kier molecular flexibility index (Phi) is 5.18. The van der Waals surface area contributed by atoms with Crippen molar-refractivity contribution in [1.29, 1.82) is 0 Å². The van der Waals surface area contributed by atoms with Crippen LogP contribution < -0.4 is 9.80 Å². The van der Waals surface area contributed by atoms with Gasteiger partial charge in [-0.05, 0) is 51.2 Å². The van der Waals surface area contributed by atoms with Crippen LogP contribution in [0.2, 0.25) is 0 Å². The van der Waals surface area contributed by atoms with Gasteiger partial charge in [-0.3, -0.25) is 9.36 Å². The molecule has 0 saturated carbocycles. The van der Waals surface area contributed by atoms with Gasteiger partial charge >= 0.3 is 0 Å². The Labute approximate surface area is 182 Å². The highest BCUT2D eigenvalue weighted by molar-refractivity contribution is 5.96. The zero-order valence-corrected chi connectivity index (χ0v) is 18.2. The van der Waals surface area contributed by atoms with Crippen LogP contribution in [0.15, 0.2) is 43.0 Å². The Morgan fingerprint density at radius 3 is 2.58 bits per heavy atom. The summed E-state index contributed by atoms with van der Waals surface area (Å²) in [5, 5.41) is 0. The van der Waals surface area contributed by atoms with E-state index in [9.17, 15) is 4.79 Å². The Morgan fingerprint density at radius 1 is 1.00 bits per heavy atom. The molecule has 0 bridgehead atoms. The number of aromatic nitrogens is 4. The summed E-state index contributed by atoms with van der Waals surface area (Å²) in [6, 6.07) is 8.46. The number of benzene rings is 1. The molecule has 0 spiro atoms. The van der Waals surface area contributed by atoms with Crippen molar-refractivity contribution in [2.75, 3.05) is 29.4 Å². The van der Waals surface area contributed by atoms with Gasteiger partial charge in [-0.2, -0.15) is 0 Å². The fourth-order valence-electron chi connectivity index (χ4n) is 4.79. The number of piperidine rings is 1. The van der Waals surface area contributed by atoms with Gasteiger partial charge in [-0.25, -0.2) is 15.0 Å². The lowest BCUT2D eigenvalue weighted by Gasteiger charge is -2.37. The van der Waals surface area contributed by atoms with Crippen LogP contribution in [0.1, 0.15) is 36.2 Å². The van der Waals surface area contributed by atoms with E-state index in [2.05, 4.69) is 45.0 Å². The van der Waals surface area contributed by atoms with Crippen LogP contribution in [-0.2, 0) is 11.2 Å². The first-order valence-corrected chi connectivity index (χ1v) is 11.1. The largest absolute Gasteiger partial charge is 0.356 e. The maximum Gasteiger partial charge on any atom is 0.230 e. The average molecular weight is 417 g/mol. The highest BCUT2D eigenvalue weighted by atomic mass is 16.2. The molecular formula is C24H28N6O. The molecule has 1 aromatic carbocycles. The van der Waals surface area contributed by atoms with E-state index in [0.29, 0.717) is 0 Å². The fourth-order valence-corrected chi connectivity index (χ4v) is 4.79. The van der Waals surface area contributed by atoms with E-state index in [1.54, 1.807) is 12.5 Å². The number of amides is 1. The van der Waals surface area contributed by atoms with Crippen molar-refractivity contribution < 1.29 is 4.79 Å². The van der Waals surface area contributed by atoms with Gasteiger partial charge in [-0.15, -0.1) is 0 Å². The lowest BCUT2D eigenvalue weighted by molar-refractivity contribution is -0.123. The summed E-state index contributed by atoms with van der Waals surface area (Å²) >= 11 is 0. The normalized spacial score (nSPS) is 17.0. The summed E-state index contributed by atoms with van der Waals surface area (Å²) < 4.78 is 1.96. The van der Waals surface area contributed by atoms with E-state index >= 15 is 0 Å². The Hall–Kier alpha value is -3.22. The Bertz CT molecular complexity index is 1100. The van der Waals surface area contributed by atoms with Crippen LogP contribution >= 0.6 is 0 Å². The Balaban J connectivity index is 1.27. The van der Waals surface area contributed by atoms with Crippen molar-refractivity contribution in [3.63, 3.8) is 0 Å². The molecule has 0 unspecified atom stereocenters. The van der Waals surface area contributed by atoms with Crippen LogP contribution in [0.4, 0.5) is 11.5 Å². The molecule has 7 heteroatoms. The van der Waals surface area contributed by atoms with Crippen molar-refractivity contribution in [1.82, 2.24) is 19.5 Å². The molecule has 5 rings (SSSR count). The zero-order valence-electron chi connectivity index (χ0n) is 18.2. The monoisotopic (exact) mass is 416 g/mol. The smallest absolute Gasteiger partial charge is 0.230 e. The zero-order chi connectivity index (χ0) is 21.4. The first-order chi connectivity index (χ1) is 15.1. The van der Waals surface area contributed by atoms with E-state index in [0.717, 1.165) is 68.5 Å². The summed E-state index contributed by atoms with van der Waals surface area (Å²) in [5.41, 5.74) is 3.68. The maximum atomic E-state index is 13.4. The minimum atomic E-state index is 0.0701. The van der Waals surface area contributed by atoms with Crippen LogP contribution in [0, 0.1) is 19.8 Å². The van der Waals surface area contributed by atoms with Gasteiger partial charge in [0.05, 0.1) is 0 Å². The first kappa shape index (κ1) is 19.7. The molecule has 7 nitrogen and oxygen atoms in total. The number of fused-ring (bicyclic) bond motifs is 1. The molecule has 4 heterocycles. The molecular weight excluding hydrogens is 388 g/mol. The standard InChI is InChI=1S/C24H28N6O/c1-17-5-6-21-20(14-17)4-3-10-30(21)24(31)19-7-11-28(12-8-19)22-15-23(27-16-26-22)29-13-9-25-18(29)2/h5-6,9,13-16,19H,3-4,7-8,10-12H2,1-2H3. The molecule has 31 heavy (non-hydrogen) atoms. The van der Waals surface area contributed by atoms with Gasteiger partial charge < -0.3 is 9.80 Å². The minimum absolute atomic E-state index is 0.0701. The quantitative estimate of drug-likeness (QED) is 0.654. The first-order valence-electron chi connectivity index (χ1n) is 11.1. The summed E-state index contributed by atoms with van der Waals surface area (Å²) in [6.45, 7) is 6.55. The number of aryl methyl sites for hydroxylation is 3. The number of carbonyl (C=O) groups is 1. The predicted octanol–water partition coefficient (Wildman–Crippen LogP) is 3.47. The van der Waals surface area contributed by atoms with Gasteiger partial charge in [0.1, 0.15) is 23.8 Å². The minimum Gasteiger partial charge on any atom is -0.356 e. The Morgan fingerprint density at radius 2 is 1.81 bits per heavy atom. The second-order valence-electron chi connectivity index (χ2n) is 8.57. The van der Waals surface area contributed by atoms with E-state index < -0.39 is 0 Å². The maximum absolute atomic E-state index is 13.4. The molecule has 1 fully saturated rings. The highest BCUT2D eigenvalue weighted by Crippen LogP contribution is 2.32. The summed E-state index contributed by atoms with van der Waals surface area (Å²) in [4.78, 5) is 30.8. The van der Waals surface area contributed by atoms with Gasteiger partial charge in [0.2, 0.25) is 5.91 Å². The van der Waals surface area contributed by atoms with Crippen molar-refractivity contribution in [3.05, 3.63) is 59.9 Å². The topological polar surface area (TPSA) is 67.2 Å². The van der Waals surface area contributed by atoms with Crippen molar-refractivity contribution in [3.8, 4) is 5.82 Å². The molecule has 2 aliphatic heterocycles. The number of carbonyl (C=O) groups excluding carboxylic acids is 1. The van der Waals surface area contributed by atoms with Crippen molar-refractivity contribution >= 4 is 17.4 Å². The van der Waals surface area contributed by atoms with Crippen LogP contribution in [0.3, 0.4) is 0 Å².